The molecule has 1 aromatic carbocycles. The summed E-state index contributed by atoms with van der Waals surface area (Å²) in [4.78, 5) is 10.8. The van der Waals surface area contributed by atoms with Gasteiger partial charge in [-0.1, -0.05) is 29.3 Å². The molecule has 16 heavy (non-hydrogen) atoms. The highest BCUT2D eigenvalue weighted by Gasteiger charge is 2.43. The summed E-state index contributed by atoms with van der Waals surface area (Å²) in [6.45, 7) is 0.779. The molecule has 1 aliphatic heterocycles. The Kier molecular flexibility index (Phi) is 3.10. The lowest BCUT2D eigenvalue weighted by Crippen LogP contribution is -2.48. The van der Waals surface area contributed by atoms with Crippen LogP contribution in [0.2, 0.25) is 10.0 Å². The molecule has 1 N–H and O–H groups in total. The molecule has 86 valence electrons. The fourth-order valence-electron chi connectivity index (χ4n) is 1.91. The Hall–Kier alpha value is -0.770. The van der Waals surface area contributed by atoms with Gasteiger partial charge in [0, 0.05) is 10.0 Å². The van der Waals surface area contributed by atoms with Gasteiger partial charge in [-0.15, -0.1) is 0 Å². The van der Waals surface area contributed by atoms with Crippen molar-refractivity contribution >= 4 is 29.2 Å². The maximum absolute atomic E-state index is 10.8. The van der Waals surface area contributed by atoms with E-state index >= 15 is 0 Å². The summed E-state index contributed by atoms with van der Waals surface area (Å²) in [5.41, 5.74) is 0.306. The van der Waals surface area contributed by atoms with Gasteiger partial charge in [-0.2, -0.15) is 0 Å². The number of benzene rings is 1. The van der Waals surface area contributed by atoms with Crippen molar-refractivity contribution in [3.05, 3.63) is 33.8 Å². The van der Waals surface area contributed by atoms with E-state index in [0.29, 0.717) is 23.3 Å². The lowest BCUT2D eigenvalue weighted by molar-refractivity contribution is -0.145. The zero-order chi connectivity index (χ0) is 11.8. The average molecular weight is 261 g/mol. The van der Waals surface area contributed by atoms with Crippen LogP contribution in [-0.2, 0) is 14.9 Å². The highest BCUT2D eigenvalue weighted by molar-refractivity contribution is 6.35. The lowest BCUT2D eigenvalue weighted by atomic mass is 9.76. The summed E-state index contributed by atoms with van der Waals surface area (Å²) >= 11 is 11.9. The van der Waals surface area contributed by atoms with E-state index in [1.807, 2.05) is 0 Å². The Bertz CT molecular complexity index is 427. The number of carboxylic acids is 1. The molecule has 2 rings (SSSR count). The third-order valence-corrected chi connectivity index (χ3v) is 3.30. The second-order valence-corrected chi connectivity index (χ2v) is 4.81. The molecule has 5 heteroatoms. The first-order valence-electron chi connectivity index (χ1n) is 4.79. The molecule has 0 bridgehead atoms. The fraction of sp³-hybridized carbons (Fsp3) is 0.364. The number of rotatable bonds is 3. The molecular formula is C11H10Cl2O3. The molecule has 1 saturated heterocycles. The molecule has 1 fully saturated rings. The van der Waals surface area contributed by atoms with E-state index in [9.17, 15) is 4.79 Å². The Morgan fingerprint density at radius 3 is 2.56 bits per heavy atom. The van der Waals surface area contributed by atoms with Crippen LogP contribution in [0.4, 0.5) is 0 Å². The van der Waals surface area contributed by atoms with E-state index in [1.165, 1.54) is 0 Å². The van der Waals surface area contributed by atoms with Crippen molar-refractivity contribution in [1.82, 2.24) is 0 Å². The maximum atomic E-state index is 10.8. The van der Waals surface area contributed by atoms with Crippen LogP contribution in [0.15, 0.2) is 18.2 Å². The van der Waals surface area contributed by atoms with Crippen LogP contribution >= 0.6 is 23.2 Å². The number of aliphatic carboxylic acids is 1. The van der Waals surface area contributed by atoms with Crippen LogP contribution in [0, 0.1) is 0 Å². The van der Waals surface area contributed by atoms with E-state index in [-0.39, 0.29) is 6.42 Å². The number of ether oxygens (including phenoxy) is 1. The molecule has 0 radical (unpaired) electrons. The van der Waals surface area contributed by atoms with Gasteiger partial charge in [-0.3, -0.25) is 4.79 Å². The Balaban J connectivity index is 2.36. The normalized spacial score (nSPS) is 17.9. The molecule has 1 heterocycles. The molecule has 0 atom stereocenters. The summed E-state index contributed by atoms with van der Waals surface area (Å²) in [6, 6.07) is 5.11. The first-order valence-corrected chi connectivity index (χ1v) is 5.54. The van der Waals surface area contributed by atoms with Crippen molar-refractivity contribution in [2.24, 2.45) is 0 Å². The lowest BCUT2D eigenvalue weighted by Gasteiger charge is -2.41. The molecule has 0 spiro atoms. The van der Waals surface area contributed by atoms with Gasteiger partial charge in [-0.25, -0.2) is 0 Å². The van der Waals surface area contributed by atoms with Gasteiger partial charge in [0.05, 0.1) is 25.0 Å². The zero-order valence-electron chi connectivity index (χ0n) is 8.37. The standard InChI is InChI=1S/C11H10Cl2O3/c12-7-1-2-8(9(13)3-7)11(4-10(14)15)5-16-6-11/h1-3H,4-6H2,(H,14,15). The molecule has 0 amide bonds. The third kappa shape index (κ3) is 2.03. The third-order valence-electron chi connectivity index (χ3n) is 2.75. The van der Waals surface area contributed by atoms with E-state index in [2.05, 4.69) is 0 Å². The van der Waals surface area contributed by atoms with Gasteiger partial charge in [-0.05, 0) is 17.7 Å². The Morgan fingerprint density at radius 1 is 1.44 bits per heavy atom. The zero-order valence-corrected chi connectivity index (χ0v) is 9.88. The highest BCUT2D eigenvalue weighted by atomic mass is 35.5. The monoisotopic (exact) mass is 260 g/mol. The van der Waals surface area contributed by atoms with E-state index in [0.717, 1.165) is 5.56 Å². The van der Waals surface area contributed by atoms with Crippen molar-refractivity contribution in [3.8, 4) is 0 Å². The quantitative estimate of drug-likeness (QED) is 0.909. The van der Waals surface area contributed by atoms with Gasteiger partial charge in [0.2, 0.25) is 0 Å². The number of carbonyl (C=O) groups is 1. The largest absolute Gasteiger partial charge is 0.481 e. The Morgan fingerprint density at radius 2 is 2.12 bits per heavy atom. The van der Waals surface area contributed by atoms with Crippen molar-refractivity contribution in [1.29, 1.82) is 0 Å². The second-order valence-electron chi connectivity index (χ2n) is 3.97. The molecule has 3 nitrogen and oxygen atoms in total. The number of carboxylic acid groups (broad SMARTS) is 1. The minimum Gasteiger partial charge on any atom is -0.481 e. The molecule has 0 aromatic heterocycles. The fourth-order valence-corrected chi connectivity index (χ4v) is 2.52. The van der Waals surface area contributed by atoms with Gasteiger partial charge in [0.25, 0.3) is 0 Å². The molecular weight excluding hydrogens is 251 g/mol. The smallest absolute Gasteiger partial charge is 0.304 e. The molecule has 1 aromatic rings. The van der Waals surface area contributed by atoms with Crippen LogP contribution < -0.4 is 0 Å². The second kappa shape index (κ2) is 4.24. The summed E-state index contributed by atoms with van der Waals surface area (Å²) in [5, 5.41) is 9.93. The SMILES string of the molecule is O=C(O)CC1(c2ccc(Cl)cc2Cl)COC1. The predicted octanol–water partition coefficient (Wildman–Crippen LogP) is 2.74. The average Bonchev–Trinajstić information content (AvgIpc) is 2.12. The van der Waals surface area contributed by atoms with Gasteiger partial charge in [0.1, 0.15) is 0 Å². The molecule has 1 aliphatic rings. The predicted molar refractivity (Wildman–Crippen MR) is 61.2 cm³/mol. The first-order chi connectivity index (χ1) is 7.53. The van der Waals surface area contributed by atoms with Gasteiger partial charge >= 0.3 is 5.97 Å². The minimum atomic E-state index is -0.852. The number of halogens is 2. The van der Waals surface area contributed by atoms with Crippen LogP contribution in [0.1, 0.15) is 12.0 Å². The molecule has 0 aliphatic carbocycles. The van der Waals surface area contributed by atoms with Gasteiger partial charge < -0.3 is 9.84 Å². The summed E-state index contributed by atoms with van der Waals surface area (Å²) in [5.74, 6) is -0.852. The first kappa shape index (κ1) is 11.7. The van der Waals surface area contributed by atoms with Crippen molar-refractivity contribution in [2.75, 3.05) is 13.2 Å². The number of hydrogen-bond donors (Lipinski definition) is 1. The van der Waals surface area contributed by atoms with Crippen molar-refractivity contribution < 1.29 is 14.6 Å². The van der Waals surface area contributed by atoms with Gasteiger partial charge in [0.15, 0.2) is 0 Å². The summed E-state index contributed by atoms with van der Waals surface area (Å²) < 4.78 is 5.12. The van der Waals surface area contributed by atoms with Crippen LogP contribution in [-0.4, -0.2) is 24.3 Å². The van der Waals surface area contributed by atoms with E-state index in [4.69, 9.17) is 33.0 Å². The molecule has 0 unspecified atom stereocenters. The van der Waals surface area contributed by atoms with Crippen LogP contribution in [0.3, 0.4) is 0 Å². The summed E-state index contributed by atoms with van der Waals surface area (Å²) in [7, 11) is 0. The summed E-state index contributed by atoms with van der Waals surface area (Å²) in [6.07, 6.45) is 0.0222. The van der Waals surface area contributed by atoms with Crippen LogP contribution in [0.25, 0.3) is 0 Å². The topological polar surface area (TPSA) is 46.5 Å². The van der Waals surface area contributed by atoms with E-state index in [1.54, 1.807) is 18.2 Å². The molecule has 0 saturated carbocycles. The highest BCUT2D eigenvalue weighted by Crippen LogP contribution is 2.40. The van der Waals surface area contributed by atoms with Crippen molar-refractivity contribution in [3.63, 3.8) is 0 Å². The number of hydrogen-bond acceptors (Lipinski definition) is 2. The Labute approximate surface area is 103 Å². The van der Waals surface area contributed by atoms with E-state index < -0.39 is 11.4 Å². The van der Waals surface area contributed by atoms with Crippen molar-refractivity contribution in [2.45, 2.75) is 11.8 Å². The maximum Gasteiger partial charge on any atom is 0.304 e. The minimum absolute atomic E-state index is 0.0222. The van der Waals surface area contributed by atoms with Crippen LogP contribution in [0.5, 0.6) is 0 Å².